The number of piperidine rings is 1. The van der Waals surface area contributed by atoms with Gasteiger partial charge in [0.2, 0.25) is 0 Å². The largest absolute Gasteiger partial charge is 0.355 e. The third-order valence-electron chi connectivity index (χ3n) is 4.70. The van der Waals surface area contributed by atoms with Crippen molar-refractivity contribution in [3.05, 3.63) is 30.1 Å². The van der Waals surface area contributed by atoms with Gasteiger partial charge in [-0.3, -0.25) is 0 Å². The number of nitrogens with one attached hydrogen (secondary N) is 1. The number of nitrogens with zero attached hydrogens (tertiary/aromatic N) is 3. The first kappa shape index (κ1) is 13.1. The van der Waals surface area contributed by atoms with Crippen molar-refractivity contribution in [3.63, 3.8) is 0 Å². The van der Waals surface area contributed by atoms with Gasteiger partial charge in [0.25, 0.3) is 0 Å². The van der Waals surface area contributed by atoms with E-state index in [0.29, 0.717) is 0 Å². The summed E-state index contributed by atoms with van der Waals surface area (Å²) in [7, 11) is 0. The van der Waals surface area contributed by atoms with Crippen LogP contribution in [0, 0.1) is 5.92 Å². The topological polar surface area (TPSA) is 32.6 Å². The third kappa shape index (κ3) is 2.64. The van der Waals surface area contributed by atoms with Gasteiger partial charge in [-0.2, -0.15) is 0 Å². The SMILES string of the molecule is CC1CCCN(c2nc3ccccn3c2CNC2CC2)C1. The lowest BCUT2D eigenvalue weighted by atomic mass is 10.0. The number of hydrogen-bond acceptors (Lipinski definition) is 3. The van der Waals surface area contributed by atoms with Crippen LogP contribution in [-0.2, 0) is 6.54 Å². The summed E-state index contributed by atoms with van der Waals surface area (Å²) in [6, 6.07) is 7.01. The molecule has 0 radical (unpaired) electrons. The molecule has 3 heterocycles. The maximum absolute atomic E-state index is 4.92. The summed E-state index contributed by atoms with van der Waals surface area (Å²) in [5, 5.41) is 3.65. The first-order chi connectivity index (χ1) is 10.3. The molecule has 2 aromatic heterocycles. The Labute approximate surface area is 126 Å². The van der Waals surface area contributed by atoms with E-state index in [1.165, 1.54) is 37.2 Å². The summed E-state index contributed by atoms with van der Waals surface area (Å²) < 4.78 is 2.25. The Morgan fingerprint density at radius 3 is 3.00 bits per heavy atom. The highest BCUT2D eigenvalue weighted by molar-refractivity contribution is 5.56. The molecular formula is C17H24N4. The Hall–Kier alpha value is -1.55. The number of aromatic nitrogens is 2. The highest BCUT2D eigenvalue weighted by Crippen LogP contribution is 2.28. The molecule has 1 unspecified atom stereocenters. The molecule has 1 aliphatic carbocycles. The molecular weight excluding hydrogens is 260 g/mol. The Morgan fingerprint density at radius 2 is 2.19 bits per heavy atom. The summed E-state index contributed by atoms with van der Waals surface area (Å²) in [6.45, 7) is 5.56. The second-order valence-corrected chi connectivity index (χ2v) is 6.66. The van der Waals surface area contributed by atoms with Gasteiger partial charge in [-0.15, -0.1) is 0 Å². The fraction of sp³-hybridized carbons (Fsp3) is 0.588. The summed E-state index contributed by atoms with van der Waals surface area (Å²) in [4.78, 5) is 7.41. The van der Waals surface area contributed by atoms with Crippen LogP contribution >= 0.6 is 0 Å². The van der Waals surface area contributed by atoms with Crippen molar-refractivity contribution in [2.24, 2.45) is 5.92 Å². The number of imidazole rings is 1. The molecule has 4 rings (SSSR count). The standard InChI is InChI=1S/C17H24N4/c1-13-5-4-9-20(12-13)17-15(11-18-14-7-8-14)21-10-3-2-6-16(21)19-17/h2-3,6,10,13-14,18H,4-5,7-9,11-12H2,1H3. The molecule has 1 atom stereocenters. The fourth-order valence-corrected chi connectivity index (χ4v) is 3.36. The number of pyridine rings is 1. The van der Waals surface area contributed by atoms with Crippen molar-refractivity contribution < 1.29 is 0 Å². The minimum atomic E-state index is 0.729. The van der Waals surface area contributed by atoms with Crippen LogP contribution in [0.25, 0.3) is 5.65 Å². The first-order valence-corrected chi connectivity index (χ1v) is 8.25. The smallest absolute Gasteiger partial charge is 0.152 e. The minimum absolute atomic E-state index is 0.729. The van der Waals surface area contributed by atoms with Crippen LogP contribution in [0.2, 0.25) is 0 Å². The zero-order valence-corrected chi connectivity index (χ0v) is 12.8. The van der Waals surface area contributed by atoms with Crippen molar-refractivity contribution in [1.82, 2.24) is 14.7 Å². The third-order valence-corrected chi connectivity index (χ3v) is 4.70. The molecule has 2 aliphatic rings. The summed E-state index contributed by atoms with van der Waals surface area (Å²) in [5.41, 5.74) is 2.39. The lowest BCUT2D eigenvalue weighted by molar-refractivity contribution is 0.443. The van der Waals surface area contributed by atoms with Crippen molar-refractivity contribution in [2.45, 2.75) is 45.2 Å². The zero-order valence-electron chi connectivity index (χ0n) is 12.8. The molecule has 0 spiro atoms. The molecule has 2 aromatic rings. The normalized spacial score (nSPS) is 22.9. The highest BCUT2D eigenvalue weighted by atomic mass is 15.2. The van der Waals surface area contributed by atoms with Crippen LogP contribution in [0.4, 0.5) is 5.82 Å². The van der Waals surface area contributed by atoms with Gasteiger partial charge in [0.1, 0.15) is 5.65 Å². The van der Waals surface area contributed by atoms with E-state index in [2.05, 4.69) is 45.9 Å². The Morgan fingerprint density at radius 1 is 1.29 bits per heavy atom. The van der Waals surface area contributed by atoms with Gasteiger partial charge >= 0.3 is 0 Å². The van der Waals surface area contributed by atoms with Gasteiger partial charge < -0.3 is 14.6 Å². The van der Waals surface area contributed by atoms with Crippen LogP contribution < -0.4 is 10.2 Å². The lowest BCUT2D eigenvalue weighted by Crippen LogP contribution is -2.35. The van der Waals surface area contributed by atoms with Crippen molar-refractivity contribution in [2.75, 3.05) is 18.0 Å². The maximum Gasteiger partial charge on any atom is 0.152 e. The molecule has 0 aromatic carbocycles. The maximum atomic E-state index is 4.92. The average Bonchev–Trinajstić information content (AvgIpc) is 3.25. The van der Waals surface area contributed by atoms with E-state index in [-0.39, 0.29) is 0 Å². The molecule has 1 saturated carbocycles. The molecule has 1 aliphatic heterocycles. The second kappa shape index (κ2) is 5.34. The van der Waals surface area contributed by atoms with Gasteiger partial charge in [-0.05, 0) is 43.7 Å². The monoisotopic (exact) mass is 284 g/mol. The van der Waals surface area contributed by atoms with Crippen LogP contribution in [0.3, 0.4) is 0 Å². The van der Waals surface area contributed by atoms with Gasteiger partial charge in [0.15, 0.2) is 5.82 Å². The molecule has 4 heteroatoms. The Kier molecular flexibility index (Phi) is 3.34. The fourth-order valence-electron chi connectivity index (χ4n) is 3.36. The van der Waals surface area contributed by atoms with Crippen molar-refractivity contribution in [1.29, 1.82) is 0 Å². The molecule has 0 bridgehead atoms. The predicted octanol–water partition coefficient (Wildman–Crippen LogP) is 2.82. The average molecular weight is 284 g/mol. The zero-order chi connectivity index (χ0) is 14.2. The van der Waals surface area contributed by atoms with E-state index in [1.807, 2.05) is 0 Å². The van der Waals surface area contributed by atoms with E-state index in [1.54, 1.807) is 0 Å². The first-order valence-electron chi connectivity index (χ1n) is 8.25. The van der Waals surface area contributed by atoms with Crippen LogP contribution in [0.15, 0.2) is 24.4 Å². The van der Waals surface area contributed by atoms with E-state index in [9.17, 15) is 0 Å². The highest BCUT2D eigenvalue weighted by Gasteiger charge is 2.25. The molecule has 4 nitrogen and oxygen atoms in total. The molecule has 1 N–H and O–H groups in total. The molecule has 2 fully saturated rings. The van der Waals surface area contributed by atoms with Gasteiger partial charge in [0.05, 0.1) is 5.69 Å². The van der Waals surface area contributed by atoms with E-state index < -0.39 is 0 Å². The van der Waals surface area contributed by atoms with Crippen LogP contribution in [0.1, 0.15) is 38.3 Å². The molecule has 1 saturated heterocycles. The van der Waals surface area contributed by atoms with E-state index in [4.69, 9.17) is 4.98 Å². The minimum Gasteiger partial charge on any atom is -0.355 e. The lowest BCUT2D eigenvalue weighted by Gasteiger charge is -2.31. The number of hydrogen-bond donors (Lipinski definition) is 1. The van der Waals surface area contributed by atoms with Crippen molar-refractivity contribution in [3.8, 4) is 0 Å². The summed E-state index contributed by atoms with van der Waals surface area (Å²) in [6.07, 6.45) is 7.42. The summed E-state index contributed by atoms with van der Waals surface area (Å²) in [5.74, 6) is 1.97. The van der Waals surface area contributed by atoms with Gasteiger partial charge in [-0.25, -0.2) is 4.98 Å². The quantitative estimate of drug-likeness (QED) is 0.937. The summed E-state index contributed by atoms with van der Waals surface area (Å²) >= 11 is 0. The number of rotatable bonds is 4. The van der Waals surface area contributed by atoms with Gasteiger partial charge in [0, 0.05) is 31.9 Å². The molecule has 112 valence electrons. The van der Waals surface area contributed by atoms with E-state index in [0.717, 1.165) is 37.2 Å². The molecule has 21 heavy (non-hydrogen) atoms. The van der Waals surface area contributed by atoms with E-state index >= 15 is 0 Å². The number of fused-ring (bicyclic) bond motifs is 1. The van der Waals surface area contributed by atoms with Crippen LogP contribution in [0.5, 0.6) is 0 Å². The van der Waals surface area contributed by atoms with Crippen molar-refractivity contribution >= 4 is 11.5 Å². The Bertz CT molecular complexity index is 629. The predicted molar refractivity (Wildman–Crippen MR) is 85.7 cm³/mol. The second-order valence-electron chi connectivity index (χ2n) is 6.66. The van der Waals surface area contributed by atoms with Gasteiger partial charge in [-0.1, -0.05) is 13.0 Å². The van der Waals surface area contributed by atoms with Crippen LogP contribution in [-0.4, -0.2) is 28.5 Å². The number of anilines is 1. The Balaban J connectivity index is 1.69. The molecule has 0 amide bonds.